The predicted octanol–water partition coefficient (Wildman–Crippen LogP) is 2.10. The van der Waals surface area contributed by atoms with Gasteiger partial charge >= 0.3 is 5.97 Å². The summed E-state index contributed by atoms with van der Waals surface area (Å²) in [5.41, 5.74) is -1.86. The number of cyclic esters (lactones) is 1. The van der Waals surface area contributed by atoms with Gasteiger partial charge < -0.3 is 24.4 Å². The monoisotopic (exact) mass is 486 g/mol. The lowest BCUT2D eigenvalue weighted by Gasteiger charge is -2.39. The number of carbonyl (C=O) groups is 3. The van der Waals surface area contributed by atoms with E-state index in [4.69, 9.17) is 21.1 Å². The van der Waals surface area contributed by atoms with E-state index in [1.54, 1.807) is 60.4 Å². The van der Waals surface area contributed by atoms with Gasteiger partial charge in [0.2, 0.25) is 5.91 Å². The molecule has 0 saturated carbocycles. The molecular formula is C25H27ClN2O6. The van der Waals surface area contributed by atoms with Crippen LogP contribution < -0.4 is 4.90 Å². The molecule has 5 rings (SSSR count). The molecule has 34 heavy (non-hydrogen) atoms. The van der Waals surface area contributed by atoms with Crippen LogP contribution in [0.25, 0.3) is 0 Å². The number of hydrogen-bond acceptors (Lipinski definition) is 6. The van der Waals surface area contributed by atoms with E-state index >= 15 is 0 Å². The number of ether oxygens (including phenoxy) is 2. The Labute approximate surface area is 202 Å². The van der Waals surface area contributed by atoms with Gasteiger partial charge in [0, 0.05) is 17.3 Å². The molecule has 0 bridgehead atoms. The zero-order chi connectivity index (χ0) is 24.3. The average molecular weight is 487 g/mol. The first-order chi connectivity index (χ1) is 16.3. The van der Waals surface area contributed by atoms with Crippen molar-refractivity contribution in [2.24, 2.45) is 11.8 Å². The van der Waals surface area contributed by atoms with Gasteiger partial charge in [0.1, 0.15) is 24.2 Å². The van der Waals surface area contributed by atoms with Crippen molar-refractivity contribution in [2.75, 3.05) is 24.7 Å². The maximum Gasteiger partial charge on any atom is 0.313 e. The van der Waals surface area contributed by atoms with Crippen LogP contribution in [-0.4, -0.2) is 70.8 Å². The van der Waals surface area contributed by atoms with E-state index in [1.807, 2.05) is 6.92 Å². The average Bonchev–Trinajstić information content (AvgIpc) is 3.07. The van der Waals surface area contributed by atoms with Gasteiger partial charge in [0.05, 0.1) is 24.2 Å². The Morgan fingerprint density at radius 1 is 1.12 bits per heavy atom. The molecule has 1 aromatic carbocycles. The highest BCUT2D eigenvalue weighted by atomic mass is 35.5. The molecule has 1 unspecified atom stereocenters. The van der Waals surface area contributed by atoms with Gasteiger partial charge in [0.25, 0.3) is 5.91 Å². The summed E-state index contributed by atoms with van der Waals surface area (Å²) in [6.07, 6.45) is 7.47. The third kappa shape index (κ3) is 3.16. The number of rotatable bonds is 4. The molecule has 2 saturated heterocycles. The number of amides is 2. The lowest BCUT2D eigenvalue weighted by atomic mass is 9.75. The summed E-state index contributed by atoms with van der Waals surface area (Å²) < 4.78 is 12.0. The smallest absolute Gasteiger partial charge is 0.313 e. The predicted molar refractivity (Wildman–Crippen MR) is 124 cm³/mol. The first kappa shape index (κ1) is 23.1. The van der Waals surface area contributed by atoms with Crippen LogP contribution >= 0.6 is 11.6 Å². The molecule has 8 nitrogen and oxygen atoms in total. The third-order valence-electron chi connectivity index (χ3n) is 7.46. The summed E-state index contributed by atoms with van der Waals surface area (Å²) in [4.78, 5) is 44.2. The number of nitrogens with zero attached hydrogens (tertiary/aromatic N) is 2. The van der Waals surface area contributed by atoms with Crippen molar-refractivity contribution in [3.8, 4) is 0 Å². The van der Waals surface area contributed by atoms with E-state index in [0.29, 0.717) is 17.1 Å². The second kappa shape index (κ2) is 8.22. The number of esters is 1. The second-order valence-electron chi connectivity index (χ2n) is 9.35. The van der Waals surface area contributed by atoms with Crippen molar-refractivity contribution in [1.82, 2.24) is 4.90 Å². The Hall–Kier alpha value is -2.68. The highest BCUT2D eigenvalue weighted by Gasteiger charge is 2.75. The van der Waals surface area contributed by atoms with Gasteiger partial charge in [-0.3, -0.25) is 14.4 Å². The number of benzene rings is 1. The number of likely N-dealkylation sites (tertiary alicyclic amines) is 1. The van der Waals surface area contributed by atoms with E-state index in [-0.39, 0.29) is 31.6 Å². The van der Waals surface area contributed by atoms with Crippen molar-refractivity contribution >= 4 is 35.1 Å². The van der Waals surface area contributed by atoms with Crippen molar-refractivity contribution < 1.29 is 29.0 Å². The Kier molecular flexibility index (Phi) is 5.58. The SMILES string of the molecule is CC[C@@H](CO)N1C(=O)[C@@H]2[C@@H]3C(=O)OCC=C[C@]3(C)O[C@@]23C=CCN(c2ccc(Cl)cc2)C(=O)C13. The molecular weight excluding hydrogens is 460 g/mol. The molecule has 1 aromatic rings. The number of fused-ring (bicyclic) bond motifs is 2. The molecule has 2 amide bonds. The van der Waals surface area contributed by atoms with Gasteiger partial charge in [-0.15, -0.1) is 0 Å². The summed E-state index contributed by atoms with van der Waals surface area (Å²) in [6.45, 7) is 3.64. The van der Waals surface area contributed by atoms with Crippen LogP contribution in [0.5, 0.6) is 0 Å². The van der Waals surface area contributed by atoms with E-state index < -0.39 is 41.1 Å². The Bertz CT molecular complexity index is 1080. The number of anilines is 1. The number of halogens is 1. The van der Waals surface area contributed by atoms with Crippen LogP contribution in [0.3, 0.4) is 0 Å². The Morgan fingerprint density at radius 2 is 1.85 bits per heavy atom. The van der Waals surface area contributed by atoms with Crippen LogP contribution in [0.4, 0.5) is 5.69 Å². The summed E-state index contributed by atoms with van der Waals surface area (Å²) in [5, 5.41) is 10.7. The molecule has 0 aromatic heterocycles. The Balaban J connectivity index is 1.68. The van der Waals surface area contributed by atoms with Gasteiger partial charge in [-0.25, -0.2) is 0 Å². The maximum absolute atomic E-state index is 14.2. The standard InChI is InChI=1S/C25H27ClN2O6/c1-3-16(14-29)28-20-22(31)27(17-8-6-15(26)7-9-17)12-4-11-25(20)18(21(28)30)19-23(32)33-13-5-10-24(19,2)34-25/h4-11,16,18-20,29H,3,12-14H2,1-2H3/t16-,18-,19+,20?,24-,25-/m0/s1. The minimum absolute atomic E-state index is 0.0999. The molecule has 6 atom stereocenters. The quantitative estimate of drug-likeness (QED) is 0.517. The minimum Gasteiger partial charge on any atom is -0.461 e. The highest BCUT2D eigenvalue weighted by Crippen LogP contribution is 2.57. The Morgan fingerprint density at radius 3 is 2.53 bits per heavy atom. The first-order valence-electron chi connectivity index (χ1n) is 11.5. The van der Waals surface area contributed by atoms with Crippen LogP contribution in [-0.2, 0) is 23.9 Å². The molecule has 2 fully saturated rings. The summed E-state index contributed by atoms with van der Waals surface area (Å²) in [7, 11) is 0. The number of aliphatic hydroxyl groups excluding tert-OH is 1. The minimum atomic E-state index is -1.38. The van der Waals surface area contributed by atoms with E-state index in [1.165, 1.54) is 4.90 Å². The first-order valence-corrected chi connectivity index (χ1v) is 11.9. The molecule has 9 heteroatoms. The third-order valence-corrected chi connectivity index (χ3v) is 7.72. The maximum atomic E-state index is 14.2. The van der Waals surface area contributed by atoms with E-state index in [2.05, 4.69) is 0 Å². The topological polar surface area (TPSA) is 96.4 Å². The molecule has 4 aliphatic heterocycles. The molecule has 4 aliphatic rings. The fourth-order valence-corrected chi connectivity index (χ4v) is 6.08. The van der Waals surface area contributed by atoms with Crippen molar-refractivity contribution in [1.29, 1.82) is 0 Å². The molecule has 4 heterocycles. The van der Waals surface area contributed by atoms with Gasteiger partial charge in [-0.2, -0.15) is 0 Å². The largest absolute Gasteiger partial charge is 0.461 e. The molecule has 0 aliphatic carbocycles. The van der Waals surface area contributed by atoms with Crippen LogP contribution in [0.2, 0.25) is 5.02 Å². The molecule has 1 spiro atoms. The van der Waals surface area contributed by atoms with Crippen molar-refractivity contribution in [2.45, 2.75) is 43.6 Å². The van der Waals surface area contributed by atoms with Crippen LogP contribution in [0.15, 0.2) is 48.6 Å². The number of carbonyl (C=O) groups excluding carboxylic acids is 3. The fourth-order valence-electron chi connectivity index (χ4n) is 5.95. The summed E-state index contributed by atoms with van der Waals surface area (Å²) >= 11 is 6.05. The lowest BCUT2D eigenvalue weighted by molar-refractivity contribution is -0.157. The van der Waals surface area contributed by atoms with Gasteiger partial charge in [-0.1, -0.05) is 36.8 Å². The van der Waals surface area contributed by atoms with Crippen LogP contribution in [0.1, 0.15) is 20.3 Å². The second-order valence-corrected chi connectivity index (χ2v) is 9.78. The molecule has 1 N–H and O–H groups in total. The van der Waals surface area contributed by atoms with Gasteiger partial charge in [0.15, 0.2) is 0 Å². The zero-order valence-corrected chi connectivity index (χ0v) is 19.8. The van der Waals surface area contributed by atoms with Crippen LogP contribution in [0, 0.1) is 11.8 Å². The number of hydrogen-bond donors (Lipinski definition) is 1. The molecule has 0 radical (unpaired) electrons. The van der Waals surface area contributed by atoms with Gasteiger partial charge in [-0.05, 0) is 43.7 Å². The number of aliphatic hydroxyl groups is 1. The fraction of sp³-hybridized carbons (Fsp3) is 0.480. The zero-order valence-electron chi connectivity index (χ0n) is 19.0. The highest BCUT2D eigenvalue weighted by molar-refractivity contribution is 6.30. The summed E-state index contributed by atoms with van der Waals surface area (Å²) in [5.74, 6) is -3.12. The summed E-state index contributed by atoms with van der Waals surface area (Å²) in [6, 6.07) is 5.23. The normalized spacial score (nSPS) is 35.4. The molecule has 180 valence electrons. The van der Waals surface area contributed by atoms with Crippen molar-refractivity contribution in [3.05, 3.63) is 53.6 Å². The lowest BCUT2D eigenvalue weighted by Crippen LogP contribution is -2.58. The van der Waals surface area contributed by atoms with E-state index in [9.17, 15) is 19.5 Å². The van der Waals surface area contributed by atoms with E-state index in [0.717, 1.165) is 0 Å². The van der Waals surface area contributed by atoms with Crippen molar-refractivity contribution in [3.63, 3.8) is 0 Å².